The van der Waals surface area contributed by atoms with Gasteiger partial charge in [-0.15, -0.1) is 0 Å². The normalized spacial score (nSPS) is 10.7. The molecule has 0 aliphatic heterocycles. The molecule has 0 spiro atoms. The second kappa shape index (κ2) is 10.1. The number of ether oxygens (including phenoxy) is 2. The van der Waals surface area contributed by atoms with Crippen LogP contribution in [-0.2, 0) is 13.2 Å². The van der Waals surface area contributed by atoms with Crippen LogP contribution in [0.15, 0.2) is 54.6 Å². The van der Waals surface area contributed by atoms with E-state index in [1.54, 1.807) is 6.07 Å². The Bertz CT molecular complexity index is 981. The van der Waals surface area contributed by atoms with Gasteiger partial charge in [-0.3, -0.25) is 0 Å². The molecule has 0 radical (unpaired) electrons. The summed E-state index contributed by atoms with van der Waals surface area (Å²) in [6.45, 7) is 3.03. The molecule has 3 nitrogen and oxygen atoms in total. The summed E-state index contributed by atoms with van der Waals surface area (Å²) < 4.78 is 24.8. The molecule has 0 saturated carbocycles. The number of anilines is 1. The van der Waals surface area contributed by atoms with Crippen LogP contribution in [-0.4, -0.2) is 6.61 Å². The van der Waals surface area contributed by atoms with Gasteiger partial charge >= 0.3 is 0 Å². The van der Waals surface area contributed by atoms with E-state index in [-0.39, 0.29) is 6.61 Å². The summed E-state index contributed by atoms with van der Waals surface area (Å²) in [6.07, 6.45) is 0. The van der Waals surface area contributed by atoms with Gasteiger partial charge in [0, 0.05) is 22.8 Å². The Morgan fingerprint density at radius 1 is 0.897 bits per heavy atom. The summed E-state index contributed by atoms with van der Waals surface area (Å²) in [5, 5.41) is 4.70. The highest BCUT2D eigenvalue weighted by Gasteiger charge is 2.14. The SMILES string of the molecule is CCOc1cc(CNc2ccc(Cl)cc2)cc(Cl)c1OCc1ccc(F)cc1Cl. The lowest BCUT2D eigenvalue weighted by atomic mass is 10.2. The van der Waals surface area contributed by atoms with Gasteiger partial charge in [0.25, 0.3) is 0 Å². The third-order valence-electron chi connectivity index (χ3n) is 4.10. The number of rotatable bonds is 8. The average molecular weight is 455 g/mol. The maximum atomic E-state index is 13.2. The molecule has 0 amide bonds. The summed E-state index contributed by atoms with van der Waals surface area (Å²) in [5.74, 6) is 0.555. The minimum atomic E-state index is -0.399. The van der Waals surface area contributed by atoms with Crippen LogP contribution in [0.3, 0.4) is 0 Å². The maximum Gasteiger partial charge on any atom is 0.180 e. The largest absolute Gasteiger partial charge is 0.490 e. The first kappa shape index (κ1) is 21.6. The lowest BCUT2D eigenvalue weighted by molar-refractivity contribution is 0.269. The number of hydrogen-bond acceptors (Lipinski definition) is 3. The Kier molecular flexibility index (Phi) is 7.48. The first-order valence-electron chi connectivity index (χ1n) is 8.97. The number of nitrogens with one attached hydrogen (secondary N) is 1. The van der Waals surface area contributed by atoms with E-state index in [2.05, 4.69) is 5.32 Å². The molecule has 7 heteroatoms. The molecule has 3 aromatic rings. The van der Waals surface area contributed by atoms with Crippen LogP contribution in [0, 0.1) is 5.82 Å². The van der Waals surface area contributed by atoms with Gasteiger partial charge in [-0.1, -0.05) is 40.9 Å². The highest BCUT2D eigenvalue weighted by Crippen LogP contribution is 2.38. The summed E-state index contributed by atoms with van der Waals surface area (Å²) in [5.41, 5.74) is 2.52. The molecular weight excluding hydrogens is 436 g/mol. The van der Waals surface area contributed by atoms with Crippen LogP contribution >= 0.6 is 34.8 Å². The van der Waals surface area contributed by atoms with Crippen LogP contribution in [0.1, 0.15) is 18.1 Å². The van der Waals surface area contributed by atoms with Gasteiger partial charge in [-0.2, -0.15) is 0 Å². The van der Waals surface area contributed by atoms with Crippen LogP contribution in [0.2, 0.25) is 15.1 Å². The first-order chi connectivity index (χ1) is 14.0. The molecule has 0 fully saturated rings. The van der Waals surface area contributed by atoms with Crippen molar-refractivity contribution in [2.45, 2.75) is 20.1 Å². The zero-order chi connectivity index (χ0) is 20.8. The van der Waals surface area contributed by atoms with Crippen LogP contribution in [0.5, 0.6) is 11.5 Å². The van der Waals surface area contributed by atoms with Gasteiger partial charge < -0.3 is 14.8 Å². The molecule has 0 unspecified atom stereocenters. The third-order valence-corrected chi connectivity index (χ3v) is 4.98. The molecule has 1 N–H and O–H groups in total. The predicted octanol–water partition coefficient (Wildman–Crippen LogP) is 7.38. The molecule has 3 rings (SSSR count). The minimum Gasteiger partial charge on any atom is -0.490 e. The van der Waals surface area contributed by atoms with Crippen molar-refractivity contribution in [1.29, 1.82) is 0 Å². The van der Waals surface area contributed by atoms with E-state index in [4.69, 9.17) is 44.3 Å². The lowest BCUT2D eigenvalue weighted by Gasteiger charge is -2.16. The van der Waals surface area contributed by atoms with Crippen LogP contribution in [0.25, 0.3) is 0 Å². The van der Waals surface area contributed by atoms with E-state index < -0.39 is 5.82 Å². The molecule has 0 atom stereocenters. The Balaban J connectivity index is 1.75. The van der Waals surface area contributed by atoms with Gasteiger partial charge in [0.2, 0.25) is 0 Å². The predicted molar refractivity (Wildman–Crippen MR) is 117 cm³/mol. The standard InChI is InChI=1S/C22H19Cl3FNO2/c1-2-28-21-10-14(12-27-18-7-4-16(23)5-8-18)9-20(25)22(21)29-13-15-3-6-17(26)11-19(15)24/h3-11,27H,2,12-13H2,1H3. The number of halogens is 4. The van der Waals surface area contributed by atoms with Crippen molar-refractivity contribution in [2.24, 2.45) is 0 Å². The highest BCUT2D eigenvalue weighted by atomic mass is 35.5. The Hall–Kier alpha value is -2.14. The zero-order valence-corrected chi connectivity index (χ0v) is 17.9. The monoisotopic (exact) mass is 453 g/mol. The van der Waals surface area contributed by atoms with Gasteiger partial charge in [0.05, 0.1) is 16.7 Å². The Labute approximate surface area is 184 Å². The van der Waals surface area contributed by atoms with Gasteiger partial charge in [-0.25, -0.2) is 4.39 Å². The summed E-state index contributed by atoms with van der Waals surface area (Å²) in [4.78, 5) is 0. The maximum absolute atomic E-state index is 13.2. The molecule has 152 valence electrons. The summed E-state index contributed by atoms with van der Waals surface area (Å²) >= 11 is 18.4. The van der Waals surface area contributed by atoms with Gasteiger partial charge in [-0.05, 0) is 61.0 Å². The second-order valence-corrected chi connectivity index (χ2v) is 7.47. The van der Waals surface area contributed by atoms with E-state index in [1.165, 1.54) is 12.1 Å². The van der Waals surface area contributed by atoms with Crippen LogP contribution < -0.4 is 14.8 Å². The van der Waals surface area contributed by atoms with Crippen molar-refractivity contribution in [3.63, 3.8) is 0 Å². The van der Waals surface area contributed by atoms with E-state index in [9.17, 15) is 4.39 Å². The molecule has 0 bridgehead atoms. The Morgan fingerprint density at radius 3 is 2.34 bits per heavy atom. The van der Waals surface area contributed by atoms with Crippen molar-refractivity contribution in [3.05, 3.63) is 86.6 Å². The fourth-order valence-corrected chi connectivity index (χ4v) is 3.32. The highest BCUT2D eigenvalue weighted by molar-refractivity contribution is 6.32. The van der Waals surface area contributed by atoms with Crippen molar-refractivity contribution >= 4 is 40.5 Å². The minimum absolute atomic E-state index is 0.140. The summed E-state index contributed by atoms with van der Waals surface area (Å²) in [6, 6.07) is 15.3. The van der Waals surface area contributed by atoms with E-state index in [0.29, 0.717) is 45.3 Å². The zero-order valence-electron chi connectivity index (χ0n) is 15.6. The number of benzene rings is 3. The number of hydrogen-bond donors (Lipinski definition) is 1. The van der Waals surface area contributed by atoms with Crippen LogP contribution in [0.4, 0.5) is 10.1 Å². The molecule has 3 aromatic carbocycles. The molecule has 29 heavy (non-hydrogen) atoms. The molecule has 0 heterocycles. The van der Waals surface area contributed by atoms with E-state index in [0.717, 1.165) is 11.3 Å². The smallest absolute Gasteiger partial charge is 0.180 e. The average Bonchev–Trinajstić information content (AvgIpc) is 2.68. The van der Waals surface area contributed by atoms with Crippen molar-refractivity contribution in [2.75, 3.05) is 11.9 Å². The van der Waals surface area contributed by atoms with Crippen molar-refractivity contribution in [3.8, 4) is 11.5 Å². The topological polar surface area (TPSA) is 30.5 Å². The van der Waals surface area contributed by atoms with E-state index >= 15 is 0 Å². The Morgan fingerprint density at radius 2 is 1.66 bits per heavy atom. The summed E-state index contributed by atoms with van der Waals surface area (Å²) in [7, 11) is 0. The molecule has 0 aliphatic carbocycles. The molecular formula is C22H19Cl3FNO2. The second-order valence-electron chi connectivity index (χ2n) is 6.22. The molecule has 0 aromatic heterocycles. The van der Waals surface area contributed by atoms with E-state index in [1.807, 2.05) is 43.3 Å². The fraction of sp³-hybridized carbons (Fsp3) is 0.182. The molecule has 0 saturated heterocycles. The third kappa shape index (κ3) is 5.92. The first-order valence-corrected chi connectivity index (χ1v) is 10.1. The van der Waals surface area contributed by atoms with Crippen molar-refractivity contribution < 1.29 is 13.9 Å². The van der Waals surface area contributed by atoms with Crippen molar-refractivity contribution in [1.82, 2.24) is 0 Å². The lowest BCUT2D eigenvalue weighted by Crippen LogP contribution is -2.04. The van der Waals surface area contributed by atoms with Gasteiger partial charge in [0.15, 0.2) is 11.5 Å². The quantitative estimate of drug-likeness (QED) is 0.385. The van der Waals surface area contributed by atoms with Gasteiger partial charge in [0.1, 0.15) is 12.4 Å². The molecule has 0 aliphatic rings. The fourth-order valence-electron chi connectivity index (χ4n) is 2.69.